The number of fused-ring (bicyclic) bond motifs is 1. The number of benzene rings is 1. The quantitative estimate of drug-likeness (QED) is 0.706. The number of carbonyl (C=O) groups excluding carboxylic acids is 1. The van der Waals surface area contributed by atoms with Crippen LogP contribution in [-0.4, -0.2) is 49.8 Å². The van der Waals surface area contributed by atoms with E-state index in [9.17, 15) is 4.79 Å². The summed E-state index contributed by atoms with van der Waals surface area (Å²) in [6.07, 6.45) is 2.54. The summed E-state index contributed by atoms with van der Waals surface area (Å²) in [6, 6.07) is 9.44. The van der Waals surface area contributed by atoms with Gasteiger partial charge < -0.3 is 25.0 Å². The van der Waals surface area contributed by atoms with Gasteiger partial charge in [0, 0.05) is 25.0 Å². The van der Waals surface area contributed by atoms with Gasteiger partial charge in [0.25, 0.3) is 5.91 Å². The van der Waals surface area contributed by atoms with Gasteiger partial charge in [0.1, 0.15) is 5.69 Å². The van der Waals surface area contributed by atoms with Crippen molar-refractivity contribution >= 4 is 11.6 Å². The predicted molar refractivity (Wildman–Crippen MR) is 99.6 cm³/mol. The molecule has 7 nitrogen and oxygen atoms in total. The molecule has 138 valence electrons. The van der Waals surface area contributed by atoms with Gasteiger partial charge in [0.05, 0.1) is 0 Å². The third-order valence-electron chi connectivity index (χ3n) is 3.99. The van der Waals surface area contributed by atoms with E-state index < -0.39 is 0 Å². The van der Waals surface area contributed by atoms with Crippen LogP contribution in [0.3, 0.4) is 0 Å². The predicted octanol–water partition coefficient (Wildman–Crippen LogP) is 2.10. The second-order valence-electron chi connectivity index (χ2n) is 6.38. The summed E-state index contributed by atoms with van der Waals surface area (Å²) in [6.45, 7) is 2.45. The molecule has 0 saturated heterocycles. The minimum Gasteiger partial charge on any atom is -0.454 e. The first kappa shape index (κ1) is 18.0. The molecule has 1 aromatic heterocycles. The normalized spacial score (nSPS) is 12.3. The summed E-state index contributed by atoms with van der Waals surface area (Å²) in [7, 11) is 4.03. The average molecular weight is 356 g/mol. The molecule has 26 heavy (non-hydrogen) atoms. The van der Waals surface area contributed by atoms with E-state index in [0.29, 0.717) is 18.8 Å². The smallest absolute Gasteiger partial charge is 0.269 e. The lowest BCUT2D eigenvalue weighted by molar-refractivity contribution is 0.0947. The van der Waals surface area contributed by atoms with Gasteiger partial charge in [-0.15, -0.1) is 0 Å². The summed E-state index contributed by atoms with van der Waals surface area (Å²) in [5.41, 5.74) is 2.32. The van der Waals surface area contributed by atoms with Gasteiger partial charge >= 0.3 is 0 Å². The summed E-state index contributed by atoms with van der Waals surface area (Å²) < 4.78 is 10.7. The first-order valence-electron chi connectivity index (χ1n) is 8.63. The van der Waals surface area contributed by atoms with Crippen LogP contribution >= 0.6 is 0 Å². The molecule has 0 saturated carbocycles. The van der Waals surface area contributed by atoms with E-state index in [4.69, 9.17) is 9.47 Å². The highest BCUT2D eigenvalue weighted by Gasteiger charge is 2.13. The number of pyridine rings is 1. The highest BCUT2D eigenvalue weighted by molar-refractivity contribution is 5.93. The molecule has 0 fully saturated rings. The summed E-state index contributed by atoms with van der Waals surface area (Å²) >= 11 is 0. The highest BCUT2D eigenvalue weighted by Crippen LogP contribution is 2.32. The Morgan fingerprint density at radius 1 is 1.19 bits per heavy atom. The summed E-state index contributed by atoms with van der Waals surface area (Å²) in [4.78, 5) is 18.4. The van der Waals surface area contributed by atoms with E-state index in [-0.39, 0.29) is 12.7 Å². The number of nitrogens with one attached hydrogen (secondary N) is 2. The van der Waals surface area contributed by atoms with Crippen molar-refractivity contribution < 1.29 is 14.3 Å². The van der Waals surface area contributed by atoms with Crippen LogP contribution in [0.1, 0.15) is 22.5 Å². The van der Waals surface area contributed by atoms with Crippen LogP contribution in [0, 0.1) is 0 Å². The van der Waals surface area contributed by atoms with E-state index in [1.54, 1.807) is 12.3 Å². The topological polar surface area (TPSA) is 75.7 Å². The van der Waals surface area contributed by atoms with Crippen LogP contribution in [0.5, 0.6) is 11.5 Å². The number of aromatic nitrogens is 1. The van der Waals surface area contributed by atoms with Crippen molar-refractivity contribution in [2.75, 3.05) is 39.3 Å². The summed E-state index contributed by atoms with van der Waals surface area (Å²) in [5, 5.41) is 6.20. The molecule has 0 bridgehead atoms. The maximum absolute atomic E-state index is 12.2. The SMILES string of the molecule is CN(C)CCCNC(=O)c1cc(NCc2ccc3c(c2)OCO3)ccn1. The fourth-order valence-corrected chi connectivity index (χ4v) is 2.61. The van der Waals surface area contributed by atoms with Crippen LogP contribution in [-0.2, 0) is 6.54 Å². The Hall–Kier alpha value is -2.80. The van der Waals surface area contributed by atoms with Crippen molar-refractivity contribution in [3.63, 3.8) is 0 Å². The Labute approximate surface area is 153 Å². The minimum absolute atomic E-state index is 0.157. The molecule has 1 aliphatic rings. The van der Waals surface area contributed by atoms with E-state index in [1.165, 1.54) is 0 Å². The Morgan fingerprint density at radius 2 is 2.04 bits per heavy atom. The highest BCUT2D eigenvalue weighted by atomic mass is 16.7. The van der Waals surface area contributed by atoms with Crippen LogP contribution in [0.2, 0.25) is 0 Å². The first-order chi connectivity index (χ1) is 12.6. The Balaban J connectivity index is 1.53. The molecule has 0 unspecified atom stereocenters. The van der Waals surface area contributed by atoms with Crippen LogP contribution in [0.15, 0.2) is 36.5 Å². The van der Waals surface area contributed by atoms with Gasteiger partial charge in [-0.1, -0.05) is 6.07 Å². The van der Waals surface area contributed by atoms with Crippen molar-refractivity contribution in [1.29, 1.82) is 0 Å². The van der Waals surface area contributed by atoms with E-state index in [0.717, 1.165) is 35.7 Å². The Morgan fingerprint density at radius 3 is 2.88 bits per heavy atom. The third kappa shape index (κ3) is 4.86. The number of hydrogen-bond donors (Lipinski definition) is 2. The first-order valence-corrected chi connectivity index (χ1v) is 8.63. The zero-order valence-electron chi connectivity index (χ0n) is 15.1. The number of rotatable bonds is 8. The fourth-order valence-electron chi connectivity index (χ4n) is 2.61. The lowest BCUT2D eigenvalue weighted by atomic mass is 10.2. The molecule has 0 spiro atoms. The molecule has 1 aliphatic heterocycles. The number of nitrogens with zero attached hydrogens (tertiary/aromatic N) is 2. The van der Waals surface area contributed by atoms with Crippen LogP contribution in [0.25, 0.3) is 0 Å². The second-order valence-corrected chi connectivity index (χ2v) is 6.38. The van der Waals surface area contributed by atoms with Crippen molar-refractivity contribution in [1.82, 2.24) is 15.2 Å². The molecule has 0 radical (unpaired) electrons. The van der Waals surface area contributed by atoms with Gasteiger partial charge in [-0.25, -0.2) is 0 Å². The molecule has 3 rings (SSSR count). The minimum atomic E-state index is -0.157. The lowest BCUT2D eigenvalue weighted by Gasteiger charge is -2.11. The Kier molecular flexibility index (Phi) is 5.91. The number of carbonyl (C=O) groups is 1. The largest absolute Gasteiger partial charge is 0.454 e. The number of amides is 1. The second kappa shape index (κ2) is 8.53. The van der Waals surface area contributed by atoms with Crippen molar-refractivity contribution in [2.24, 2.45) is 0 Å². The molecule has 2 aromatic rings. The monoisotopic (exact) mass is 356 g/mol. The van der Waals surface area contributed by atoms with Gasteiger partial charge in [-0.05, 0) is 56.9 Å². The van der Waals surface area contributed by atoms with Crippen LogP contribution in [0.4, 0.5) is 5.69 Å². The average Bonchev–Trinajstić information content (AvgIpc) is 3.11. The lowest BCUT2D eigenvalue weighted by Crippen LogP contribution is -2.27. The van der Waals surface area contributed by atoms with Crippen molar-refractivity contribution in [3.05, 3.63) is 47.8 Å². The van der Waals surface area contributed by atoms with Gasteiger partial charge in [0.2, 0.25) is 6.79 Å². The molecule has 0 aliphatic carbocycles. The van der Waals surface area contributed by atoms with Gasteiger partial charge in [-0.2, -0.15) is 0 Å². The third-order valence-corrected chi connectivity index (χ3v) is 3.99. The van der Waals surface area contributed by atoms with Crippen molar-refractivity contribution in [2.45, 2.75) is 13.0 Å². The van der Waals surface area contributed by atoms with Crippen molar-refractivity contribution in [3.8, 4) is 11.5 Å². The molecular weight excluding hydrogens is 332 g/mol. The zero-order valence-corrected chi connectivity index (χ0v) is 15.1. The van der Waals surface area contributed by atoms with Gasteiger partial charge in [0.15, 0.2) is 11.5 Å². The summed E-state index contributed by atoms with van der Waals surface area (Å²) in [5.74, 6) is 1.37. The fraction of sp³-hybridized carbons (Fsp3) is 0.368. The molecule has 1 aromatic carbocycles. The molecule has 0 atom stereocenters. The zero-order chi connectivity index (χ0) is 18.4. The molecule has 1 amide bonds. The molecule has 2 N–H and O–H groups in total. The van der Waals surface area contributed by atoms with E-state index in [2.05, 4.69) is 20.5 Å². The standard InChI is InChI=1S/C19H24N4O3/c1-23(2)9-3-7-21-19(24)16-11-15(6-8-20-16)22-12-14-4-5-17-18(10-14)26-13-25-17/h4-6,8,10-11H,3,7,9,12-13H2,1-2H3,(H,20,22)(H,21,24). The Bertz CT molecular complexity index is 764. The number of ether oxygens (including phenoxy) is 2. The van der Waals surface area contributed by atoms with E-state index in [1.807, 2.05) is 38.4 Å². The number of anilines is 1. The number of hydrogen-bond acceptors (Lipinski definition) is 6. The maximum Gasteiger partial charge on any atom is 0.269 e. The molecule has 2 heterocycles. The van der Waals surface area contributed by atoms with Gasteiger partial charge in [-0.3, -0.25) is 9.78 Å². The molecule has 7 heteroatoms. The van der Waals surface area contributed by atoms with E-state index >= 15 is 0 Å². The molecular formula is C19H24N4O3. The maximum atomic E-state index is 12.2. The van der Waals surface area contributed by atoms with Crippen LogP contribution < -0.4 is 20.1 Å².